The number of nitrogens with zero attached hydrogens (tertiary/aromatic N) is 2. The summed E-state index contributed by atoms with van der Waals surface area (Å²) in [7, 11) is 3.57. The molecule has 0 saturated carbocycles. The predicted octanol–water partition coefficient (Wildman–Crippen LogP) is -0.314. The molecule has 1 atom stereocenters. The van der Waals surface area contributed by atoms with Crippen molar-refractivity contribution in [1.29, 1.82) is 0 Å². The third kappa shape index (κ3) is 5.10. The van der Waals surface area contributed by atoms with Gasteiger partial charge in [0.15, 0.2) is 0 Å². The van der Waals surface area contributed by atoms with E-state index < -0.39 is 24.3 Å². The lowest BCUT2D eigenvalue weighted by Gasteiger charge is -2.24. The highest BCUT2D eigenvalue weighted by atomic mass is 16.7. The van der Waals surface area contributed by atoms with Crippen molar-refractivity contribution < 1.29 is 24.0 Å². The average Bonchev–Trinajstić information content (AvgIpc) is 2.73. The second-order valence-electron chi connectivity index (χ2n) is 5.87. The molecule has 0 aromatic carbocycles. The molecule has 8 heteroatoms. The second-order valence-corrected chi connectivity index (χ2v) is 5.87. The number of rotatable bonds is 7. The molecule has 0 aromatic rings. The Hall–Kier alpha value is -1.96. The summed E-state index contributed by atoms with van der Waals surface area (Å²) in [4.78, 5) is 52.8. The van der Waals surface area contributed by atoms with Gasteiger partial charge in [0.1, 0.15) is 6.54 Å². The largest absolute Gasteiger partial charge is 0.352 e. The van der Waals surface area contributed by atoms with Gasteiger partial charge in [0.25, 0.3) is 11.8 Å². The zero-order valence-corrected chi connectivity index (χ0v) is 13.4. The van der Waals surface area contributed by atoms with Gasteiger partial charge in [0, 0.05) is 12.8 Å². The van der Waals surface area contributed by atoms with Crippen molar-refractivity contribution in [3.8, 4) is 0 Å². The molecule has 22 heavy (non-hydrogen) atoms. The van der Waals surface area contributed by atoms with E-state index in [4.69, 9.17) is 0 Å². The quantitative estimate of drug-likeness (QED) is 0.648. The van der Waals surface area contributed by atoms with Crippen LogP contribution in [-0.2, 0) is 24.0 Å². The fourth-order valence-corrected chi connectivity index (χ4v) is 2.07. The summed E-state index contributed by atoms with van der Waals surface area (Å²) >= 11 is 0. The summed E-state index contributed by atoms with van der Waals surface area (Å²) in [5, 5.41) is 2.93. The third-order valence-corrected chi connectivity index (χ3v) is 3.23. The molecule has 1 heterocycles. The summed E-state index contributed by atoms with van der Waals surface area (Å²) < 4.78 is 0. The van der Waals surface area contributed by atoms with E-state index in [2.05, 4.69) is 10.2 Å². The van der Waals surface area contributed by atoms with Gasteiger partial charge >= 0.3 is 5.97 Å². The molecule has 0 bridgehead atoms. The Kier molecular flexibility index (Phi) is 6.48. The maximum atomic E-state index is 12.1. The second kappa shape index (κ2) is 7.88. The first-order valence-corrected chi connectivity index (χ1v) is 7.23. The summed E-state index contributed by atoms with van der Waals surface area (Å²) in [6, 6.07) is -0.358. The number of imide groups is 1. The van der Waals surface area contributed by atoms with Crippen LogP contribution in [0.2, 0.25) is 0 Å². The van der Waals surface area contributed by atoms with E-state index in [0.29, 0.717) is 17.4 Å². The molecule has 1 aliphatic heterocycles. The average molecular weight is 313 g/mol. The van der Waals surface area contributed by atoms with Crippen molar-refractivity contribution in [1.82, 2.24) is 15.3 Å². The molecule has 8 nitrogen and oxygen atoms in total. The van der Waals surface area contributed by atoms with E-state index >= 15 is 0 Å². The van der Waals surface area contributed by atoms with Crippen molar-refractivity contribution in [3.63, 3.8) is 0 Å². The smallest absolute Gasteiger partial charge is 0.344 e. The topological polar surface area (TPSA) is 96.0 Å². The van der Waals surface area contributed by atoms with Gasteiger partial charge in [-0.1, -0.05) is 13.8 Å². The van der Waals surface area contributed by atoms with Gasteiger partial charge < -0.3 is 10.2 Å². The highest BCUT2D eigenvalue weighted by molar-refractivity contribution is 6.01. The van der Waals surface area contributed by atoms with E-state index in [1.807, 2.05) is 13.8 Å². The number of hydroxylamine groups is 2. The van der Waals surface area contributed by atoms with E-state index in [9.17, 15) is 19.2 Å². The summed E-state index contributed by atoms with van der Waals surface area (Å²) in [5.41, 5.74) is 0. The van der Waals surface area contributed by atoms with Crippen molar-refractivity contribution in [2.24, 2.45) is 5.92 Å². The lowest BCUT2D eigenvalue weighted by molar-refractivity contribution is -0.196. The highest BCUT2D eigenvalue weighted by Crippen LogP contribution is 2.12. The summed E-state index contributed by atoms with van der Waals surface area (Å²) in [5.74, 6) is -1.91. The number of carbonyl (C=O) groups excluding carboxylic acids is 4. The van der Waals surface area contributed by atoms with Gasteiger partial charge in [-0.05, 0) is 26.4 Å². The van der Waals surface area contributed by atoms with E-state index in [0.717, 1.165) is 0 Å². The molecule has 0 radical (unpaired) electrons. The maximum Gasteiger partial charge on any atom is 0.352 e. The van der Waals surface area contributed by atoms with Crippen LogP contribution >= 0.6 is 0 Å². The van der Waals surface area contributed by atoms with Crippen LogP contribution in [-0.4, -0.2) is 60.3 Å². The highest BCUT2D eigenvalue weighted by Gasteiger charge is 2.33. The molecule has 1 unspecified atom stereocenters. The number of nitrogens with one attached hydrogen (secondary N) is 1. The lowest BCUT2D eigenvalue weighted by atomic mass is 10.0. The van der Waals surface area contributed by atoms with Crippen LogP contribution < -0.4 is 5.32 Å². The molecular weight excluding hydrogens is 290 g/mol. The molecular formula is C14H23N3O5. The van der Waals surface area contributed by atoms with Crippen LogP contribution in [0.15, 0.2) is 0 Å². The van der Waals surface area contributed by atoms with Gasteiger partial charge in [0.05, 0.1) is 6.04 Å². The standard InChI is InChI=1S/C14H23N3O5/c1-9(2)7-10(16(3)4)14(21)15-8-13(20)22-17-11(18)5-6-12(17)19/h9-10H,5-8H2,1-4H3,(H,15,21). The Balaban J connectivity index is 2.46. The first kappa shape index (κ1) is 18.1. The number of carbonyl (C=O) groups is 4. The Labute approximate surface area is 129 Å². The van der Waals surface area contributed by atoms with Crippen LogP contribution in [0.3, 0.4) is 0 Å². The fourth-order valence-electron chi connectivity index (χ4n) is 2.07. The Morgan fingerprint density at radius 3 is 2.23 bits per heavy atom. The van der Waals surface area contributed by atoms with Crippen LogP contribution in [0.4, 0.5) is 0 Å². The summed E-state index contributed by atoms with van der Waals surface area (Å²) in [6.07, 6.45) is 0.724. The summed E-state index contributed by atoms with van der Waals surface area (Å²) in [6.45, 7) is 3.61. The van der Waals surface area contributed by atoms with Crippen LogP contribution in [0, 0.1) is 5.92 Å². The van der Waals surface area contributed by atoms with E-state index in [1.54, 1.807) is 19.0 Å². The van der Waals surface area contributed by atoms with Crippen LogP contribution in [0.5, 0.6) is 0 Å². The number of amides is 3. The Morgan fingerprint density at radius 1 is 1.23 bits per heavy atom. The first-order valence-electron chi connectivity index (χ1n) is 7.23. The van der Waals surface area contributed by atoms with Crippen molar-refractivity contribution in [2.45, 2.75) is 39.2 Å². The van der Waals surface area contributed by atoms with Crippen molar-refractivity contribution in [2.75, 3.05) is 20.6 Å². The van der Waals surface area contributed by atoms with Gasteiger partial charge in [-0.15, -0.1) is 5.06 Å². The molecule has 1 fully saturated rings. The normalized spacial score (nSPS) is 16.4. The Morgan fingerprint density at radius 2 is 1.77 bits per heavy atom. The zero-order valence-electron chi connectivity index (χ0n) is 13.4. The molecule has 3 amide bonds. The zero-order chi connectivity index (χ0) is 16.9. The number of hydrogen-bond donors (Lipinski definition) is 1. The van der Waals surface area contributed by atoms with Gasteiger partial charge in [-0.25, -0.2) is 4.79 Å². The molecule has 0 aliphatic carbocycles. The van der Waals surface area contributed by atoms with Crippen molar-refractivity contribution >= 4 is 23.7 Å². The minimum atomic E-state index is -0.848. The number of likely N-dealkylation sites (N-methyl/N-ethyl adjacent to an activating group) is 1. The van der Waals surface area contributed by atoms with Gasteiger partial charge in [0.2, 0.25) is 5.91 Å². The minimum absolute atomic E-state index is 0.0373. The van der Waals surface area contributed by atoms with Crippen LogP contribution in [0.1, 0.15) is 33.1 Å². The number of hydrogen-bond acceptors (Lipinski definition) is 6. The van der Waals surface area contributed by atoms with Gasteiger partial charge in [-0.2, -0.15) is 0 Å². The molecule has 124 valence electrons. The fraction of sp³-hybridized carbons (Fsp3) is 0.714. The molecule has 0 aromatic heterocycles. The lowest BCUT2D eigenvalue weighted by Crippen LogP contribution is -2.46. The minimum Gasteiger partial charge on any atom is -0.344 e. The first-order chi connectivity index (χ1) is 10.2. The van der Waals surface area contributed by atoms with E-state index in [1.165, 1.54) is 0 Å². The monoisotopic (exact) mass is 313 g/mol. The third-order valence-electron chi connectivity index (χ3n) is 3.23. The van der Waals surface area contributed by atoms with Crippen LogP contribution in [0.25, 0.3) is 0 Å². The predicted molar refractivity (Wildman–Crippen MR) is 77.1 cm³/mol. The molecule has 0 spiro atoms. The molecule has 1 N–H and O–H groups in total. The van der Waals surface area contributed by atoms with Gasteiger partial charge in [-0.3, -0.25) is 19.3 Å². The SMILES string of the molecule is CC(C)CC(C(=O)NCC(=O)ON1C(=O)CCC1=O)N(C)C. The molecule has 1 saturated heterocycles. The maximum absolute atomic E-state index is 12.1. The molecule has 1 rings (SSSR count). The molecule has 1 aliphatic rings. The Bertz CT molecular complexity index is 445. The van der Waals surface area contributed by atoms with E-state index in [-0.39, 0.29) is 24.8 Å². The van der Waals surface area contributed by atoms with Crippen molar-refractivity contribution in [3.05, 3.63) is 0 Å².